The molecule has 17 heavy (non-hydrogen) atoms. The summed E-state index contributed by atoms with van der Waals surface area (Å²) in [6, 6.07) is 4.71. The SMILES string of the molecule is CC(CS(C)(=O)=O)NC(=O)c1cccc(F)c1. The Labute approximate surface area is 99.8 Å². The number of sulfone groups is 1. The van der Waals surface area contributed by atoms with Crippen LogP contribution < -0.4 is 5.32 Å². The molecule has 6 heteroatoms. The van der Waals surface area contributed by atoms with E-state index in [2.05, 4.69) is 5.32 Å². The van der Waals surface area contributed by atoms with Crippen molar-refractivity contribution in [1.29, 1.82) is 0 Å². The number of benzene rings is 1. The molecule has 0 bridgehead atoms. The lowest BCUT2D eigenvalue weighted by molar-refractivity contribution is 0.0943. The van der Waals surface area contributed by atoms with Crippen molar-refractivity contribution >= 4 is 15.7 Å². The molecular weight excluding hydrogens is 245 g/mol. The van der Waals surface area contributed by atoms with E-state index in [1.165, 1.54) is 18.2 Å². The van der Waals surface area contributed by atoms with E-state index in [0.29, 0.717) is 0 Å². The first-order chi connectivity index (χ1) is 7.78. The van der Waals surface area contributed by atoms with Gasteiger partial charge in [-0.3, -0.25) is 4.79 Å². The van der Waals surface area contributed by atoms with Crippen LogP contribution in [0.15, 0.2) is 24.3 Å². The maximum atomic E-state index is 12.9. The molecule has 0 saturated carbocycles. The van der Waals surface area contributed by atoms with Crippen LogP contribution in [0.4, 0.5) is 4.39 Å². The predicted octanol–water partition coefficient (Wildman–Crippen LogP) is 0.989. The van der Waals surface area contributed by atoms with E-state index in [4.69, 9.17) is 0 Å². The lowest BCUT2D eigenvalue weighted by Gasteiger charge is -2.12. The second kappa shape index (κ2) is 5.27. The smallest absolute Gasteiger partial charge is 0.251 e. The van der Waals surface area contributed by atoms with Crippen LogP contribution in [0, 0.1) is 5.82 Å². The summed E-state index contributed by atoms with van der Waals surface area (Å²) in [5.74, 6) is -1.14. The lowest BCUT2D eigenvalue weighted by Crippen LogP contribution is -2.37. The zero-order chi connectivity index (χ0) is 13.1. The van der Waals surface area contributed by atoms with Gasteiger partial charge in [0.05, 0.1) is 5.75 Å². The third-order valence-electron chi connectivity index (χ3n) is 2.02. The van der Waals surface area contributed by atoms with Crippen molar-refractivity contribution in [1.82, 2.24) is 5.32 Å². The van der Waals surface area contributed by atoms with Crippen LogP contribution in [0.2, 0.25) is 0 Å². The fourth-order valence-electron chi connectivity index (χ4n) is 1.43. The fourth-order valence-corrected chi connectivity index (χ4v) is 2.42. The molecule has 94 valence electrons. The largest absolute Gasteiger partial charge is 0.349 e. The van der Waals surface area contributed by atoms with Gasteiger partial charge in [0.25, 0.3) is 5.91 Å². The number of hydrogen-bond acceptors (Lipinski definition) is 3. The third-order valence-corrected chi connectivity index (χ3v) is 3.12. The molecule has 1 aromatic rings. The average Bonchev–Trinajstić information content (AvgIpc) is 2.14. The van der Waals surface area contributed by atoms with Crippen LogP contribution in [0.3, 0.4) is 0 Å². The fraction of sp³-hybridized carbons (Fsp3) is 0.364. The van der Waals surface area contributed by atoms with E-state index < -0.39 is 27.6 Å². The summed E-state index contributed by atoms with van der Waals surface area (Å²) in [7, 11) is -3.15. The van der Waals surface area contributed by atoms with Crippen LogP contribution in [0.1, 0.15) is 17.3 Å². The van der Waals surface area contributed by atoms with Gasteiger partial charge >= 0.3 is 0 Å². The number of amides is 1. The second-order valence-electron chi connectivity index (χ2n) is 3.98. The minimum atomic E-state index is -3.15. The number of nitrogens with one attached hydrogen (secondary N) is 1. The minimum Gasteiger partial charge on any atom is -0.349 e. The zero-order valence-corrected chi connectivity index (χ0v) is 10.4. The molecule has 0 aliphatic rings. The standard InChI is InChI=1S/C11H14FNO3S/c1-8(7-17(2,15)16)13-11(14)9-4-3-5-10(12)6-9/h3-6,8H,7H2,1-2H3,(H,13,14). The maximum absolute atomic E-state index is 12.9. The number of rotatable bonds is 4. The van der Waals surface area contributed by atoms with E-state index in [1.54, 1.807) is 6.92 Å². The molecule has 1 aromatic carbocycles. The van der Waals surface area contributed by atoms with Crippen LogP contribution >= 0.6 is 0 Å². The van der Waals surface area contributed by atoms with E-state index in [9.17, 15) is 17.6 Å². The van der Waals surface area contributed by atoms with Gasteiger partial charge in [0, 0.05) is 17.9 Å². The minimum absolute atomic E-state index is 0.145. The lowest BCUT2D eigenvalue weighted by atomic mass is 10.2. The van der Waals surface area contributed by atoms with Gasteiger partial charge in [0.1, 0.15) is 15.7 Å². The Hall–Kier alpha value is -1.43. The predicted molar refractivity (Wildman–Crippen MR) is 63.0 cm³/mol. The summed E-state index contributed by atoms with van der Waals surface area (Å²) >= 11 is 0. The highest BCUT2D eigenvalue weighted by Gasteiger charge is 2.14. The van der Waals surface area contributed by atoms with Crippen molar-refractivity contribution in [3.63, 3.8) is 0 Å². The molecule has 0 radical (unpaired) electrons. The molecule has 0 aliphatic heterocycles. The molecule has 0 aromatic heterocycles. The number of carbonyl (C=O) groups is 1. The summed E-state index contributed by atoms with van der Waals surface area (Å²) in [5, 5.41) is 2.50. The number of carbonyl (C=O) groups excluding carboxylic acids is 1. The molecule has 4 nitrogen and oxygen atoms in total. The van der Waals surface area contributed by atoms with E-state index in [1.807, 2.05) is 0 Å². The van der Waals surface area contributed by atoms with Crippen molar-refractivity contribution in [2.45, 2.75) is 13.0 Å². The van der Waals surface area contributed by atoms with Crippen LogP contribution in [-0.2, 0) is 9.84 Å². The summed E-state index contributed by atoms with van der Waals surface area (Å²) in [5.41, 5.74) is 0.172. The van der Waals surface area contributed by atoms with Crippen molar-refractivity contribution in [3.8, 4) is 0 Å². The quantitative estimate of drug-likeness (QED) is 0.877. The molecule has 0 spiro atoms. The van der Waals surface area contributed by atoms with E-state index in [-0.39, 0.29) is 11.3 Å². The molecule has 1 amide bonds. The maximum Gasteiger partial charge on any atom is 0.251 e. The van der Waals surface area contributed by atoms with Crippen LogP contribution in [0.25, 0.3) is 0 Å². The van der Waals surface area contributed by atoms with E-state index >= 15 is 0 Å². The van der Waals surface area contributed by atoms with Crippen molar-refractivity contribution in [2.75, 3.05) is 12.0 Å². The first-order valence-electron chi connectivity index (χ1n) is 5.02. The average molecular weight is 259 g/mol. The van der Waals surface area contributed by atoms with Gasteiger partial charge in [-0.2, -0.15) is 0 Å². The normalized spacial score (nSPS) is 13.1. The third kappa shape index (κ3) is 4.95. The Kier molecular flexibility index (Phi) is 4.22. The summed E-state index contributed by atoms with van der Waals surface area (Å²) in [6.07, 6.45) is 1.10. The van der Waals surface area contributed by atoms with Gasteiger partial charge in [-0.05, 0) is 25.1 Å². The molecule has 1 unspecified atom stereocenters. The summed E-state index contributed by atoms with van der Waals surface area (Å²) in [6.45, 7) is 1.58. The topological polar surface area (TPSA) is 63.2 Å². The Morgan fingerprint density at radius 2 is 2.12 bits per heavy atom. The monoisotopic (exact) mass is 259 g/mol. The first kappa shape index (κ1) is 13.6. The van der Waals surface area contributed by atoms with Gasteiger partial charge in [0.15, 0.2) is 0 Å². The Balaban J connectivity index is 2.67. The molecular formula is C11H14FNO3S. The van der Waals surface area contributed by atoms with Crippen LogP contribution in [-0.4, -0.2) is 32.4 Å². The molecule has 1 rings (SSSR count). The molecule has 0 heterocycles. The van der Waals surface area contributed by atoms with E-state index in [0.717, 1.165) is 12.3 Å². The highest BCUT2D eigenvalue weighted by atomic mass is 32.2. The van der Waals surface area contributed by atoms with Crippen molar-refractivity contribution in [3.05, 3.63) is 35.6 Å². The van der Waals surface area contributed by atoms with Gasteiger partial charge in [-0.1, -0.05) is 6.07 Å². The summed E-state index contributed by atoms with van der Waals surface area (Å²) in [4.78, 5) is 11.6. The van der Waals surface area contributed by atoms with Gasteiger partial charge in [-0.25, -0.2) is 12.8 Å². The molecule has 0 saturated heterocycles. The Morgan fingerprint density at radius 1 is 1.47 bits per heavy atom. The molecule has 0 aliphatic carbocycles. The first-order valence-corrected chi connectivity index (χ1v) is 7.08. The molecule has 0 fully saturated rings. The Bertz CT molecular complexity index is 513. The van der Waals surface area contributed by atoms with Gasteiger partial charge in [-0.15, -0.1) is 0 Å². The van der Waals surface area contributed by atoms with Crippen molar-refractivity contribution < 1.29 is 17.6 Å². The van der Waals surface area contributed by atoms with Crippen LogP contribution in [0.5, 0.6) is 0 Å². The highest BCUT2D eigenvalue weighted by molar-refractivity contribution is 7.90. The van der Waals surface area contributed by atoms with Crippen molar-refractivity contribution in [2.24, 2.45) is 0 Å². The number of hydrogen-bond donors (Lipinski definition) is 1. The highest BCUT2D eigenvalue weighted by Crippen LogP contribution is 2.04. The molecule has 1 N–H and O–H groups in total. The van der Waals surface area contributed by atoms with Gasteiger partial charge < -0.3 is 5.32 Å². The summed E-state index contributed by atoms with van der Waals surface area (Å²) < 4.78 is 34.9. The van der Waals surface area contributed by atoms with Gasteiger partial charge in [0.2, 0.25) is 0 Å². The molecule has 1 atom stereocenters. The second-order valence-corrected chi connectivity index (χ2v) is 6.16. The number of halogens is 1. The zero-order valence-electron chi connectivity index (χ0n) is 9.60. The Morgan fingerprint density at radius 3 is 2.65 bits per heavy atom.